The van der Waals surface area contributed by atoms with Crippen molar-refractivity contribution in [1.82, 2.24) is 9.97 Å². The number of carbonyl (C=O) groups excluding carboxylic acids is 1. The number of nitrogens with zero attached hydrogens (tertiary/aromatic N) is 3. The van der Waals surface area contributed by atoms with E-state index in [2.05, 4.69) is 21.4 Å². The molecular formula is C20H16N4O2S4. The molecular weight excluding hydrogens is 457 g/mol. The standard InChI is InChI=1S/C20H16N4O2S4/c1-11-9-28-20(22-11)29-10-14-13-5-3-4-6-15(13)26-16(14)17(25)24-19-23-12(2)18(30-19)27-8-7-21/h3-6,9H,8,10H2,1-2H3,(H,23,24,25). The highest BCUT2D eigenvalue weighted by Gasteiger charge is 2.22. The fraction of sp³-hybridized carbons (Fsp3) is 0.200. The molecule has 6 nitrogen and oxygen atoms in total. The first-order chi connectivity index (χ1) is 14.5. The Morgan fingerprint density at radius 2 is 2.10 bits per heavy atom. The third-order valence-corrected chi connectivity index (χ3v) is 8.55. The van der Waals surface area contributed by atoms with Crippen molar-refractivity contribution in [1.29, 1.82) is 5.26 Å². The van der Waals surface area contributed by atoms with Gasteiger partial charge in [-0.3, -0.25) is 10.1 Å². The monoisotopic (exact) mass is 472 g/mol. The summed E-state index contributed by atoms with van der Waals surface area (Å²) >= 11 is 5.96. The number of thioether (sulfide) groups is 2. The van der Waals surface area contributed by atoms with Crippen LogP contribution in [0.2, 0.25) is 0 Å². The molecule has 0 saturated heterocycles. The second-order valence-electron chi connectivity index (χ2n) is 6.24. The highest BCUT2D eigenvalue weighted by atomic mass is 32.2. The molecule has 30 heavy (non-hydrogen) atoms. The van der Waals surface area contributed by atoms with Crippen LogP contribution in [0.1, 0.15) is 27.5 Å². The topological polar surface area (TPSA) is 91.8 Å². The number of rotatable bonds is 7. The SMILES string of the molecule is Cc1csc(SCc2c(C(=O)Nc3nc(C)c(SCC#N)s3)oc3ccccc23)n1. The number of thiazole rings is 2. The highest BCUT2D eigenvalue weighted by Crippen LogP contribution is 2.35. The maximum Gasteiger partial charge on any atom is 0.293 e. The minimum Gasteiger partial charge on any atom is -0.451 e. The van der Waals surface area contributed by atoms with Gasteiger partial charge in [-0.15, -0.1) is 11.3 Å². The van der Waals surface area contributed by atoms with Gasteiger partial charge in [0.15, 0.2) is 10.9 Å². The van der Waals surface area contributed by atoms with E-state index in [0.717, 1.165) is 30.9 Å². The number of aromatic nitrogens is 2. The number of fused-ring (bicyclic) bond motifs is 1. The number of hydrogen-bond acceptors (Lipinski definition) is 9. The molecule has 0 aliphatic rings. The van der Waals surface area contributed by atoms with Crippen LogP contribution < -0.4 is 5.32 Å². The Morgan fingerprint density at radius 1 is 1.27 bits per heavy atom. The van der Waals surface area contributed by atoms with Crippen molar-refractivity contribution in [3.05, 3.63) is 52.4 Å². The van der Waals surface area contributed by atoms with Gasteiger partial charge < -0.3 is 4.42 Å². The van der Waals surface area contributed by atoms with Gasteiger partial charge in [0.1, 0.15) is 9.92 Å². The molecule has 0 fully saturated rings. The van der Waals surface area contributed by atoms with Crippen molar-refractivity contribution in [2.45, 2.75) is 28.1 Å². The number of anilines is 1. The van der Waals surface area contributed by atoms with E-state index < -0.39 is 0 Å². The molecule has 4 aromatic rings. The number of para-hydroxylation sites is 1. The Balaban J connectivity index is 1.59. The molecule has 0 spiro atoms. The lowest BCUT2D eigenvalue weighted by Gasteiger charge is -2.02. The van der Waals surface area contributed by atoms with Crippen molar-refractivity contribution < 1.29 is 9.21 Å². The van der Waals surface area contributed by atoms with Crippen molar-refractivity contribution in [3.8, 4) is 6.07 Å². The second kappa shape index (κ2) is 9.22. The Bertz CT molecular complexity index is 1250. The van der Waals surface area contributed by atoms with E-state index in [1.807, 2.05) is 43.5 Å². The lowest BCUT2D eigenvalue weighted by atomic mass is 10.1. The summed E-state index contributed by atoms with van der Waals surface area (Å²) < 4.78 is 7.79. The number of furan rings is 1. The third-order valence-electron chi connectivity index (χ3n) is 4.08. The average molecular weight is 473 g/mol. The predicted octanol–water partition coefficient (Wildman–Crippen LogP) is 6.12. The van der Waals surface area contributed by atoms with Gasteiger partial charge in [-0.2, -0.15) is 5.26 Å². The summed E-state index contributed by atoms with van der Waals surface area (Å²) in [5, 5.41) is 15.1. The van der Waals surface area contributed by atoms with Crippen molar-refractivity contribution >= 4 is 68.2 Å². The summed E-state index contributed by atoms with van der Waals surface area (Å²) in [7, 11) is 0. The zero-order chi connectivity index (χ0) is 21.1. The predicted molar refractivity (Wildman–Crippen MR) is 124 cm³/mol. The van der Waals surface area contributed by atoms with Gasteiger partial charge in [0.2, 0.25) is 0 Å². The van der Waals surface area contributed by atoms with Crippen molar-refractivity contribution in [2.75, 3.05) is 11.1 Å². The zero-order valence-electron chi connectivity index (χ0n) is 16.1. The molecule has 0 aliphatic heterocycles. The van der Waals surface area contributed by atoms with Crippen LogP contribution in [0.3, 0.4) is 0 Å². The third kappa shape index (κ3) is 4.54. The molecule has 0 aliphatic carbocycles. The molecule has 0 radical (unpaired) electrons. The average Bonchev–Trinajstić information content (AvgIpc) is 3.41. The maximum absolute atomic E-state index is 13.0. The van der Waals surface area contributed by atoms with Crippen molar-refractivity contribution in [2.24, 2.45) is 0 Å². The molecule has 0 saturated carbocycles. The minimum absolute atomic E-state index is 0.288. The summed E-state index contributed by atoms with van der Waals surface area (Å²) in [6, 6.07) is 9.74. The number of amides is 1. The summed E-state index contributed by atoms with van der Waals surface area (Å²) in [4.78, 5) is 21.9. The first-order valence-electron chi connectivity index (χ1n) is 8.89. The van der Waals surface area contributed by atoms with Crippen LogP contribution in [-0.2, 0) is 5.75 Å². The van der Waals surface area contributed by atoms with Gasteiger partial charge in [-0.05, 0) is 19.9 Å². The molecule has 4 rings (SSSR count). The van der Waals surface area contributed by atoms with Crippen LogP contribution in [0.5, 0.6) is 0 Å². The summed E-state index contributed by atoms with van der Waals surface area (Å²) in [6.45, 7) is 3.83. The molecule has 1 aromatic carbocycles. The zero-order valence-corrected chi connectivity index (χ0v) is 19.4. The normalized spacial score (nSPS) is 11.0. The van der Waals surface area contributed by atoms with E-state index >= 15 is 0 Å². The summed E-state index contributed by atoms with van der Waals surface area (Å²) in [5.41, 5.74) is 3.30. The van der Waals surface area contributed by atoms with E-state index in [1.165, 1.54) is 23.1 Å². The molecule has 10 heteroatoms. The number of nitrogens with one attached hydrogen (secondary N) is 1. The fourth-order valence-electron chi connectivity index (χ4n) is 2.78. The molecule has 0 atom stereocenters. The van der Waals surface area contributed by atoms with Crippen molar-refractivity contribution in [3.63, 3.8) is 0 Å². The fourth-order valence-corrected chi connectivity index (χ4v) is 6.45. The van der Waals surface area contributed by atoms with Crippen LogP contribution in [0, 0.1) is 25.2 Å². The number of carbonyl (C=O) groups is 1. The largest absolute Gasteiger partial charge is 0.451 e. The first-order valence-corrected chi connectivity index (χ1v) is 12.6. The Labute approximate surface area is 189 Å². The molecule has 1 amide bonds. The molecule has 0 unspecified atom stereocenters. The van der Waals surface area contributed by atoms with E-state index in [0.29, 0.717) is 22.2 Å². The first kappa shape index (κ1) is 20.9. The minimum atomic E-state index is -0.331. The number of hydrogen-bond donors (Lipinski definition) is 1. The van der Waals surface area contributed by atoms with Crippen LogP contribution in [0.15, 0.2) is 42.6 Å². The van der Waals surface area contributed by atoms with Gasteiger partial charge in [0.25, 0.3) is 5.91 Å². The Morgan fingerprint density at radius 3 is 2.87 bits per heavy atom. The van der Waals surface area contributed by atoms with E-state index in [-0.39, 0.29) is 11.7 Å². The van der Waals surface area contributed by atoms with E-state index in [1.54, 1.807) is 23.1 Å². The lowest BCUT2D eigenvalue weighted by molar-refractivity contribution is 0.0998. The number of benzene rings is 1. The lowest BCUT2D eigenvalue weighted by Crippen LogP contribution is -2.12. The Hall–Kier alpha value is -2.32. The van der Waals surface area contributed by atoms with Gasteiger partial charge in [0, 0.05) is 27.8 Å². The Kier molecular flexibility index (Phi) is 6.43. The highest BCUT2D eigenvalue weighted by molar-refractivity contribution is 8.01. The van der Waals surface area contributed by atoms with Crippen LogP contribution in [-0.4, -0.2) is 21.6 Å². The van der Waals surface area contributed by atoms with E-state index in [9.17, 15) is 4.79 Å². The maximum atomic E-state index is 13.0. The van der Waals surface area contributed by atoms with Gasteiger partial charge in [-0.1, -0.05) is 53.1 Å². The van der Waals surface area contributed by atoms with Gasteiger partial charge in [-0.25, -0.2) is 9.97 Å². The van der Waals surface area contributed by atoms with Gasteiger partial charge >= 0.3 is 0 Å². The molecule has 3 heterocycles. The van der Waals surface area contributed by atoms with Crippen LogP contribution in [0.4, 0.5) is 5.13 Å². The molecule has 152 valence electrons. The number of nitriles is 1. The van der Waals surface area contributed by atoms with Crippen LogP contribution in [0.25, 0.3) is 11.0 Å². The smallest absolute Gasteiger partial charge is 0.293 e. The molecule has 0 bridgehead atoms. The molecule has 3 aromatic heterocycles. The summed E-state index contributed by atoms with van der Waals surface area (Å²) in [5.74, 6) is 0.878. The summed E-state index contributed by atoms with van der Waals surface area (Å²) in [6.07, 6.45) is 0. The van der Waals surface area contributed by atoms with Crippen LogP contribution >= 0.6 is 46.2 Å². The van der Waals surface area contributed by atoms with E-state index in [4.69, 9.17) is 9.68 Å². The number of aryl methyl sites for hydroxylation is 2. The van der Waals surface area contributed by atoms with Gasteiger partial charge in [0.05, 0.1) is 21.7 Å². The quantitative estimate of drug-likeness (QED) is 0.324. The second-order valence-corrected chi connectivity index (χ2v) is 10.6. The molecule has 1 N–H and O–H groups in total.